The fourth-order valence-corrected chi connectivity index (χ4v) is 2.03. The van der Waals surface area contributed by atoms with Crippen molar-refractivity contribution in [3.8, 4) is 11.5 Å². The van der Waals surface area contributed by atoms with Crippen molar-refractivity contribution >= 4 is 28.7 Å². The number of thiocarbonyl (C=S) groups is 1. The number of nitrogens with zero attached hydrogens (tertiary/aromatic N) is 1. The Morgan fingerprint density at radius 1 is 1.24 bits per heavy atom. The molecular formula is C13H9F2N3O2S. The standard InChI is InChI=1S/C13H9F2N3O2S/c14-13(15)19-9-4-3-7(6-10(9)20-13)18-12-8(11(16)21)2-1-5-17-12/h1-6H,(H2,16,21)(H,17,18). The molecule has 0 atom stereocenters. The second-order valence-electron chi connectivity index (χ2n) is 4.22. The van der Waals surface area contributed by atoms with Crippen LogP contribution >= 0.6 is 12.2 Å². The Morgan fingerprint density at radius 2 is 2.00 bits per heavy atom. The zero-order valence-corrected chi connectivity index (χ0v) is 11.3. The number of halogens is 2. The van der Waals surface area contributed by atoms with Gasteiger partial charge in [-0.1, -0.05) is 12.2 Å². The van der Waals surface area contributed by atoms with Crippen LogP contribution < -0.4 is 20.5 Å². The molecule has 3 N–H and O–H groups in total. The Bertz CT molecular complexity index is 724. The number of alkyl halides is 2. The third kappa shape index (κ3) is 2.70. The highest BCUT2D eigenvalue weighted by Crippen LogP contribution is 2.42. The number of nitrogens with two attached hydrogens (primary N) is 1. The summed E-state index contributed by atoms with van der Waals surface area (Å²) in [5.74, 6) is 0.342. The van der Waals surface area contributed by atoms with Gasteiger partial charge in [-0.2, -0.15) is 0 Å². The molecule has 5 nitrogen and oxygen atoms in total. The number of aromatic nitrogens is 1. The first-order valence-corrected chi connectivity index (χ1v) is 6.27. The molecule has 0 unspecified atom stereocenters. The number of fused-ring (bicyclic) bond motifs is 1. The van der Waals surface area contributed by atoms with Gasteiger partial charge in [0.2, 0.25) is 0 Å². The van der Waals surface area contributed by atoms with Gasteiger partial charge in [-0.05, 0) is 24.3 Å². The lowest BCUT2D eigenvalue weighted by atomic mass is 10.2. The summed E-state index contributed by atoms with van der Waals surface area (Å²) < 4.78 is 34.6. The van der Waals surface area contributed by atoms with Gasteiger partial charge in [-0.25, -0.2) is 4.98 Å². The van der Waals surface area contributed by atoms with E-state index in [4.69, 9.17) is 18.0 Å². The van der Waals surface area contributed by atoms with E-state index in [1.807, 2.05) is 0 Å². The van der Waals surface area contributed by atoms with Gasteiger partial charge in [0.05, 0.1) is 5.56 Å². The average molecular weight is 309 g/mol. The SMILES string of the molecule is NC(=S)c1cccnc1Nc1ccc2c(c1)OC(F)(F)O2. The summed E-state index contributed by atoms with van der Waals surface area (Å²) in [5, 5.41) is 2.95. The van der Waals surface area contributed by atoms with E-state index in [9.17, 15) is 8.78 Å². The summed E-state index contributed by atoms with van der Waals surface area (Å²) in [6.07, 6.45) is -2.08. The van der Waals surface area contributed by atoms with Crippen LogP contribution in [-0.2, 0) is 0 Å². The Labute approximate surface area is 123 Å². The van der Waals surface area contributed by atoms with Crippen molar-refractivity contribution in [3.63, 3.8) is 0 Å². The van der Waals surface area contributed by atoms with Gasteiger partial charge in [0, 0.05) is 18.0 Å². The van der Waals surface area contributed by atoms with Crippen molar-refractivity contribution in [2.75, 3.05) is 5.32 Å². The number of anilines is 2. The number of hydrogen-bond donors (Lipinski definition) is 2. The van der Waals surface area contributed by atoms with Gasteiger partial charge < -0.3 is 20.5 Å². The van der Waals surface area contributed by atoms with Gasteiger partial charge >= 0.3 is 6.29 Å². The van der Waals surface area contributed by atoms with Crippen LogP contribution in [0.25, 0.3) is 0 Å². The average Bonchev–Trinajstić information content (AvgIpc) is 2.72. The molecule has 2 heterocycles. The Balaban J connectivity index is 1.89. The van der Waals surface area contributed by atoms with Gasteiger partial charge in [0.15, 0.2) is 11.5 Å². The number of rotatable bonds is 3. The minimum atomic E-state index is -3.64. The van der Waals surface area contributed by atoms with Crippen LogP contribution in [0, 0.1) is 0 Å². The second-order valence-corrected chi connectivity index (χ2v) is 4.66. The molecule has 3 rings (SSSR count). The van der Waals surface area contributed by atoms with E-state index < -0.39 is 6.29 Å². The van der Waals surface area contributed by atoms with E-state index in [1.54, 1.807) is 24.4 Å². The van der Waals surface area contributed by atoms with E-state index >= 15 is 0 Å². The molecule has 0 spiro atoms. The van der Waals surface area contributed by atoms with Crippen molar-refractivity contribution in [1.82, 2.24) is 4.98 Å². The lowest BCUT2D eigenvalue weighted by Gasteiger charge is -2.10. The molecule has 0 bridgehead atoms. The largest absolute Gasteiger partial charge is 0.586 e. The molecule has 0 fully saturated rings. The van der Waals surface area contributed by atoms with Gasteiger partial charge in [0.1, 0.15) is 10.8 Å². The van der Waals surface area contributed by atoms with Crippen LogP contribution in [0.4, 0.5) is 20.3 Å². The fraction of sp³-hybridized carbons (Fsp3) is 0.0769. The van der Waals surface area contributed by atoms with Crippen LogP contribution in [-0.4, -0.2) is 16.3 Å². The molecule has 2 aromatic rings. The maximum atomic E-state index is 13.0. The van der Waals surface area contributed by atoms with Crippen LogP contribution in [0.3, 0.4) is 0 Å². The van der Waals surface area contributed by atoms with Gasteiger partial charge in [-0.3, -0.25) is 0 Å². The third-order valence-corrected chi connectivity index (χ3v) is 2.96. The highest BCUT2D eigenvalue weighted by atomic mass is 32.1. The summed E-state index contributed by atoms with van der Waals surface area (Å²) in [7, 11) is 0. The predicted molar refractivity (Wildman–Crippen MR) is 76.1 cm³/mol. The first-order chi connectivity index (χ1) is 9.94. The molecule has 0 saturated heterocycles. The zero-order valence-electron chi connectivity index (χ0n) is 10.5. The van der Waals surface area contributed by atoms with Crippen LogP contribution in [0.2, 0.25) is 0 Å². The first kappa shape index (κ1) is 13.5. The lowest BCUT2D eigenvalue weighted by molar-refractivity contribution is -0.286. The number of ether oxygens (including phenoxy) is 2. The normalized spacial score (nSPS) is 14.8. The van der Waals surface area contributed by atoms with Crippen LogP contribution in [0.5, 0.6) is 11.5 Å². The highest BCUT2D eigenvalue weighted by molar-refractivity contribution is 7.80. The topological polar surface area (TPSA) is 69.4 Å². The minimum Gasteiger partial charge on any atom is -0.395 e. The molecule has 1 aromatic heterocycles. The molecule has 0 aliphatic carbocycles. The molecular weight excluding hydrogens is 300 g/mol. The number of nitrogens with one attached hydrogen (secondary N) is 1. The maximum Gasteiger partial charge on any atom is 0.586 e. The van der Waals surface area contributed by atoms with Crippen molar-refractivity contribution in [1.29, 1.82) is 0 Å². The Morgan fingerprint density at radius 3 is 2.76 bits per heavy atom. The van der Waals surface area contributed by atoms with Crippen molar-refractivity contribution in [2.45, 2.75) is 6.29 Å². The van der Waals surface area contributed by atoms with Crippen molar-refractivity contribution in [3.05, 3.63) is 42.1 Å². The van der Waals surface area contributed by atoms with E-state index in [0.717, 1.165) is 0 Å². The van der Waals surface area contributed by atoms with E-state index in [0.29, 0.717) is 17.1 Å². The monoisotopic (exact) mass is 309 g/mol. The molecule has 8 heteroatoms. The Hall–Kier alpha value is -2.48. The smallest absolute Gasteiger partial charge is 0.395 e. The number of benzene rings is 1. The number of hydrogen-bond acceptors (Lipinski definition) is 5. The summed E-state index contributed by atoms with van der Waals surface area (Å²) in [6.45, 7) is 0. The molecule has 108 valence electrons. The fourth-order valence-electron chi connectivity index (χ4n) is 1.87. The highest BCUT2D eigenvalue weighted by Gasteiger charge is 2.43. The molecule has 1 aromatic carbocycles. The summed E-state index contributed by atoms with van der Waals surface area (Å²) in [6, 6.07) is 7.72. The van der Waals surface area contributed by atoms with Crippen LogP contribution in [0.1, 0.15) is 5.56 Å². The zero-order chi connectivity index (χ0) is 15.0. The number of pyridine rings is 1. The van der Waals surface area contributed by atoms with Gasteiger partial charge in [-0.15, -0.1) is 8.78 Å². The molecule has 0 amide bonds. The Kier molecular flexibility index (Phi) is 3.09. The molecule has 0 saturated carbocycles. The van der Waals surface area contributed by atoms with Gasteiger partial charge in [0.25, 0.3) is 0 Å². The summed E-state index contributed by atoms with van der Waals surface area (Å²) >= 11 is 4.93. The summed E-state index contributed by atoms with van der Waals surface area (Å²) in [5.41, 5.74) is 6.64. The molecule has 0 radical (unpaired) electrons. The van der Waals surface area contributed by atoms with Crippen molar-refractivity contribution in [2.24, 2.45) is 5.73 Å². The predicted octanol–water partition coefficient (Wildman–Crippen LogP) is 2.78. The second kappa shape index (κ2) is 4.81. The van der Waals surface area contributed by atoms with Crippen LogP contribution in [0.15, 0.2) is 36.5 Å². The van der Waals surface area contributed by atoms with Crippen molar-refractivity contribution < 1.29 is 18.3 Å². The molecule has 21 heavy (non-hydrogen) atoms. The molecule has 1 aliphatic rings. The quantitative estimate of drug-likeness (QED) is 0.850. The van der Waals surface area contributed by atoms with E-state index in [-0.39, 0.29) is 16.5 Å². The third-order valence-electron chi connectivity index (χ3n) is 2.74. The molecule has 1 aliphatic heterocycles. The minimum absolute atomic E-state index is 0.0267. The van der Waals surface area contributed by atoms with E-state index in [1.165, 1.54) is 12.1 Å². The lowest BCUT2D eigenvalue weighted by Crippen LogP contribution is -2.25. The first-order valence-electron chi connectivity index (χ1n) is 5.86. The summed E-state index contributed by atoms with van der Waals surface area (Å²) in [4.78, 5) is 4.30. The maximum absolute atomic E-state index is 13.0. The van der Waals surface area contributed by atoms with E-state index in [2.05, 4.69) is 19.8 Å².